The lowest BCUT2D eigenvalue weighted by atomic mass is 10.1. The average Bonchev–Trinajstić information content (AvgIpc) is 3.43. The molecule has 4 heterocycles. The summed E-state index contributed by atoms with van der Waals surface area (Å²) >= 11 is 0. The molecular weight excluding hydrogens is 430 g/mol. The van der Waals surface area contributed by atoms with Gasteiger partial charge in [0, 0.05) is 18.5 Å². The Kier molecular flexibility index (Phi) is 4.87. The number of nitrogens with zero attached hydrogens (tertiary/aromatic N) is 7. The van der Waals surface area contributed by atoms with Crippen molar-refractivity contribution in [3.63, 3.8) is 0 Å². The minimum atomic E-state index is -0.930. The summed E-state index contributed by atoms with van der Waals surface area (Å²) in [7, 11) is 1.49. The molecule has 5 rings (SSSR count). The molecule has 12 heteroatoms. The van der Waals surface area contributed by atoms with Crippen LogP contribution in [0.3, 0.4) is 0 Å². The van der Waals surface area contributed by atoms with Crippen LogP contribution in [-0.4, -0.2) is 54.4 Å². The van der Waals surface area contributed by atoms with E-state index in [1.807, 2.05) is 0 Å². The third kappa shape index (κ3) is 3.70. The quantitative estimate of drug-likeness (QED) is 0.421. The van der Waals surface area contributed by atoms with E-state index in [9.17, 15) is 14.7 Å². The molecule has 1 atom stereocenters. The molecule has 4 aromatic rings. The highest BCUT2D eigenvalue weighted by atomic mass is 16.5. The maximum atomic E-state index is 12.8. The Morgan fingerprint density at radius 3 is 2.97 bits per heavy atom. The van der Waals surface area contributed by atoms with Gasteiger partial charge in [-0.2, -0.15) is 4.80 Å². The number of hydrogen-bond donors (Lipinski definition) is 1. The number of aliphatic hydroxyl groups is 1. The Bertz CT molecular complexity index is 1480. The highest BCUT2D eigenvalue weighted by molar-refractivity contribution is 5.96. The minimum Gasteiger partial charge on any atom is -0.466 e. The molecule has 0 bridgehead atoms. The molecule has 0 spiro atoms. The lowest BCUT2D eigenvalue weighted by Crippen LogP contribution is -2.41. The van der Waals surface area contributed by atoms with E-state index in [1.165, 1.54) is 27.6 Å². The van der Waals surface area contributed by atoms with E-state index in [4.69, 9.17) is 15.6 Å². The van der Waals surface area contributed by atoms with Crippen molar-refractivity contribution in [2.45, 2.75) is 19.2 Å². The van der Waals surface area contributed by atoms with Crippen LogP contribution in [-0.2, 0) is 17.9 Å². The van der Waals surface area contributed by atoms with E-state index in [1.54, 1.807) is 24.3 Å². The monoisotopic (exact) mass is 447 g/mol. The third-order valence-corrected chi connectivity index (χ3v) is 5.24. The number of fused-ring (bicyclic) bond motifs is 2. The Morgan fingerprint density at radius 2 is 2.15 bits per heavy atom. The Hall–Kier alpha value is -4.50. The molecular formula is C21H17N7O5. The van der Waals surface area contributed by atoms with Crippen molar-refractivity contribution in [2.75, 3.05) is 18.6 Å². The first-order chi connectivity index (χ1) is 15.9. The van der Waals surface area contributed by atoms with Crippen LogP contribution in [0.1, 0.15) is 23.3 Å². The number of carbonyl (C=O) groups excluding carboxylic acids is 1. The van der Waals surface area contributed by atoms with Gasteiger partial charge in [-0.15, -0.1) is 16.6 Å². The fourth-order valence-electron chi connectivity index (χ4n) is 3.48. The number of likely N-dealkylation sites (N-methyl/N-ethyl adjacent to an activating group) is 1. The van der Waals surface area contributed by atoms with Gasteiger partial charge in [-0.3, -0.25) is 14.2 Å². The van der Waals surface area contributed by atoms with Gasteiger partial charge >= 0.3 is 0 Å². The molecule has 12 nitrogen and oxygen atoms in total. The number of aliphatic hydroxyl groups excluding tert-OH is 1. The van der Waals surface area contributed by atoms with Crippen LogP contribution >= 0.6 is 0 Å². The van der Waals surface area contributed by atoms with Gasteiger partial charge in [0.15, 0.2) is 23.9 Å². The number of aromatic nitrogens is 6. The topological polar surface area (TPSA) is 141 Å². The van der Waals surface area contributed by atoms with Gasteiger partial charge in [0.2, 0.25) is 5.88 Å². The second-order valence-electron chi connectivity index (χ2n) is 7.40. The lowest BCUT2D eigenvalue weighted by Gasteiger charge is -2.24. The van der Waals surface area contributed by atoms with Crippen molar-refractivity contribution in [2.24, 2.45) is 0 Å². The van der Waals surface area contributed by atoms with E-state index in [-0.39, 0.29) is 43.0 Å². The fourth-order valence-corrected chi connectivity index (χ4v) is 3.48. The van der Waals surface area contributed by atoms with Gasteiger partial charge < -0.3 is 19.2 Å². The van der Waals surface area contributed by atoms with Gasteiger partial charge in [-0.05, 0) is 22.8 Å². The first kappa shape index (κ1) is 20.4. The molecule has 0 radical (unpaired) electrons. The summed E-state index contributed by atoms with van der Waals surface area (Å²) in [4.78, 5) is 31.2. The summed E-state index contributed by atoms with van der Waals surface area (Å²) in [6.45, 7) is -0.163. The molecule has 0 fully saturated rings. The van der Waals surface area contributed by atoms with Crippen molar-refractivity contribution in [3.05, 3.63) is 58.1 Å². The van der Waals surface area contributed by atoms with Crippen LogP contribution in [0, 0.1) is 12.3 Å². The third-order valence-electron chi connectivity index (χ3n) is 5.24. The number of benzene rings is 1. The molecule has 0 saturated carbocycles. The lowest BCUT2D eigenvalue weighted by molar-refractivity contribution is -0.121. The van der Waals surface area contributed by atoms with Crippen molar-refractivity contribution >= 4 is 22.6 Å². The molecule has 33 heavy (non-hydrogen) atoms. The molecule has 0 saturated heterocycles. The number of tetrazole rings is 1. The SMILES string of the molecule is C#Cc1cc2ccc([C@@H](O)Cn3nnc(Cn4cnc5c(c4=O)N(C)C(=O)CO5)n3)cc2o1. The molecule has 1 amide bonds. The van der Waals surface area contributed by atoms with E-state index >= 15 is 0 Å². The number of hydrogen-bond acceptors (Lipinski definition) is 9. The fraction of sp³-hybridized carbons (Fsp3) is 0.238. The van der Waals surface area contributed by atoms with Gasteiger partial charge in [0.05, 0.1) is 13.1 Å². The maximum absolute atomic E-state index is 12.8. The standard InChI is InChI=1S/C21H17N7O5/c1-3-14-6-13-5-4-12(7-16(13)33-14)15(29)8-28-24-17(23-25-28)9-27-11-22-20-19(21(27)31)26(2)18(30)10-32-20/h1,4-7,11,15,29H,8-10H2,2H3/t15-/m0/s1. The Morgan fingerprint density at radius 1 is 1.30 bits per heavy atom. The largest absolute Gasteiger partial charge is 0.466 e. The first-order valence-electron chi connectivity index (χ1n) is 9.86. The maximum Gasteiger partial charge on any atom is 0.281 e. The molecule has 1 aliphatic heterocycles. The number of furan rings is 1. The van der Waals surface area contributed by atoms with Crippen molar-refractivity contribution in [3.8, 4) is 18.2 Å². The molecule has 0 unspecified atom stereocenters. The highest BCUT2D eigenvalue weighted by Gasteiger charge is 2.27. The summed E-state index contributed by atoms with van der Waals surface area (Å²) in [5, 5.41) is 23.5. The van der Waals surface area contributed by atoms with Crippen LogP contribution < -0.4 is 15.2 Å². The molecule has 3 aromatic heterocycles. The molecule has 0 aliphatic carbocycles. The zero-order chi connectivity index (χ0) is 23.1. The number of amides is 1. The van der Waals surface area contributed by atoms with E-state index in [0.717, 1.165) is 5.39 Å². The summed E-state index contributed by atoms with van der Waals surface area (Å²) in [6, 6.07) is 7.02. The van der Waals surface area contributed by atoms with Crippen LogP contribution in [0.15, 0.2) is 39.8 Å². The number of anilines is 1. The van der Waals surface area contributed by atoms with Crippen LogP contribution in [0.25, 0.3) is 11.0 Å². The second kappa shape index (κ2) is 7.88. The number of terminal acetylenes is 1. The second-order valence-corrected chi connectivity index (χ2v) is 7.40. The summed E-state index contributed by atoms with van der Waals surface area (Å²) < 4.78 is 12.0. The van der Waals surface area contributed by atoms with Gasteiger partial charge in [-0.25, -0.2) is 4.98 Å². The van der Waals surface area contributed by atoms with Crippen LogP contribution in [0.2, 0.25) is 0 Å². The average molecular weight is 447 g/mol. The zero-order valence-corrected chi connectivity index (χ0v) is 17.4. The summed E-state index contributed by atoms with van der Waals surface area (Å²) in [5.41, 5.74) is 0.753. The van der Waals surface area contributed by atoms with E-state index in [0.29, 0.717) is 16.9 Å². The minimum absolute atomic E-state index is 0.0234. The predicted octanol–water partition coefficient (Wildman–Crippen LogP) is 0.0944. The summed E-state index contributed by atoms with van der Waals surface area (Å²) in [5.74, 6) is 2.83. The van der Waals surface area contributed by atoms with Crippen molar-refractivity contribution in [1.29, 1.82) is 0 Å². The van der Waals surface area contributed by atoms with Crippen LogP contribution in [0.4, 0.5) is 5.69 Å². The van der Waals surface area contributed by atoms with Gasteiger partial charge in [0.25, 0.3) is 11.5 Å². The zero-order valence-electron chi connectivity index (χ0n) is 17.4. The summed E-state index contributed by atoms with van der Waals surface area (Å²) in [6.07, 6.45) is 5.72. The first-order valence-corrected chi connectivity index (χ1v) is 9.86. The van der Waals surface area contributed by atoms with E-state index in [2.05, 4.69) is 26.3 Å². The van der Waals surface area contributed by atoms with Gasteiger partial charge in [-0.1, -0.05) is 12.1 Å². The number of carbonyl (C=O) groups is 1. The predicted molar refractivity (Wildman–Crippen MR) is 113 cm³/mol. The Labute approximate surface area is 186 Å². The van der Waals surface area contributed by atoms with Gasteiger partial charge in [0.1, 0.15) is 18.0 Å². The normalized spacial score (nSPS) is 14.1. The Balaban J connectivity index is 1.32. The van der Waals surface area contributed by atoms with Crippen LogP contribution in [0.5, 0.6) is 5.88 Å². The molecule has 1 aliphatic rings. The molecule has 1 aromatic carbocycles. The smallest absolute Gasteiger partial charge is 0.281 e. The van der Waals surface area contributed by atoms with Crippen molar-refractivity contribution < 1.29 is 19.1 Å². The number of rotatable bonds is 5. The molecule has 1 N–H and O–H groups in total. The molecule has 166 valence electrons. The highest BCUT2D eigenvalue weighted by Crippen LogP contribution is 2.25. The van der Waals surface area contributed by atoms with E-state index < -0.39 is 11.7 Å². The number of ether oxygens (including phenoxy) is 1. The van der Waals surface area contributed by atoms with Crippen molar-refractivity contribution in [1.82, 2.24) is 29.8 Å².